The third-order valence-electron chi connectivity index (χ3n) is 5.33. The van der Waals surface area contributed by atoms with Gasteiger partial charge in [0.05, 0.1) is 31.3 Å². The molecule has 2 amide bonds. The van der Waals surface area contributed by atoms with Crippen LogP contribution < -0.4 is 25.0 Å². The summed E-state index contributed by atoms with van der Waals surface area (Å²) in [5, 5.41) is 5.79. The van der Waals surface area contributed by atoms with Crippen LogP contribution >= 0.6 is 0 Å². The summed E-state index contributed by atoms with van der Waals surface area (Å²) in [5.41, 5.74) is 2.48. The minimum Gasteiger partial charge on any atom is -0.493 e. The average Bonchev–Trinajstić information content (AvgIpc) is 2.79. The molecule has 2 aromatic carbocycles. The van der Waals surface area contributed by atoms with Crippen molar-refractivity contribution in [1.29, 1.82) is 0 Å². The fourth-order valence-electron chi connectivity index (χ4n) is 3.52. The molecule has 1 heterocycles. The standard InChI is InChI=1S/C23H30N4O4/c1-5-21(28)24-18-14-16(15-20(30-3)22(18)31-4)23(29)25-17-8-6-7-9-19(17)27-12-10-26(2)11-13-27/h6-9,14-15H,5,10-13H2,1-4H3,(H,24,28)(H,25,29). The van der Waals surface area contributed by atoms with Crippen molar-refractivity contribution in [2.45, 2.75) is 13.3 Å². The predicted molar refractivity (Wildman–Crippen MR) is 123 cm³/mol. The second-order valence-corrected chi connectivity index (χ2v) is 7.42. The molecule has 8 heteroatoms. The van der Waals surface area contributed by atoms with Crippen molar-refractivity contribution in [3.05, 3.63) is 42.0 Å². The summed E-state index contributed by atoms with van der Waals surface area (Å²) in [5.74, 6) is 0.264. The number of carbonyl (C=O) groups excluding carboxylic acids is 2. The number of amides is 2. The van der Waals surface area contributed by atoms with Gasteiger partial charge >= 0.3 is 0 Å². The molecule has 0 bridgehead atoms. The van der Waals surface area contributed by atoms with Crippen molar-refractivity contribution in [3.8, 4) is 11.5 Å². The van der Waals surface area contributed by atoms with E-state index in [0.717, 1.165) is 37.6 Å². The number of piperazine rings is 1. The molecular formula is C23H30N4O4. The molecule has 0 atom stereocenters. The summed E-state index contributed by atoms with van der Waals surface area (Å²) in [7, 11) is 5.09. The number of nitrogens with zero attached hydrogens (tertiary/aromatic N) is 2. The molecule has 0 saturated carbocycles. The van der Waals surface area contributed by atoms with Gasteiger partial charge in [0.2, 0.25) is 5.91 Å². The number of anilines is 3. The number of methoxy groups -OCH3 is 2. The number of para-hydroxylation sites is 2. The van der Waals surface area contributed by atoms with Crippen LogP contribution in [0.3, 0.4) is 0 Å². The molecular weight excluding hydrogens is 396 g/mol. The normalized spacial score (nSPS) is 14.1. The van der Waals surface area contributed by atoms with Crippen molar-refractivity contribution in [3.63, 3.8) is 0 Å². The minimum atomic E-state index is -0.297. The van der Waals surface area contributed by atoms with E-state index in [-0.39, 0.29) is 11.8 Å². The Balaban J connectivity index is 1.88. The largest absolute Gasteiger partial charge is 0.493 e. The second kappa shape index (κ2) is 10.2. The van der Waals surface area contributed by atoms with Crippen molar-refractivity contribution in [2.75, 3.05) is 63.0 Å². The third-order valence-corrected chi connectivity index (χ3v) is 5.33. The molecule has 3 rings (SSSR count). The van der Waals surface area contributed by atoms with Crippen molar-refractivity contribution in [1.82, 2.24) is 4.90 Å². The number of ether oxygens (including phenoxy) is 2. The Labute approximate surface area is 183 Å². The molecule has 166 valence electrons. The van der Waals surface area contributed by atoms with Gasteiger partial charge in [0, 0.05) is 38.2 Å². The van der Waals surface area contributed by atoms with E-state index in [1.54, 1.807) is 19.1 Å². The molecule has 0 spiro atoms. The molecule has 31 heavy (non-hydrogen) atoms. The highest BCUT2D eigenvalue weighted by Gasteiger charge is 2.20. The molecule has 2 N–H and O–H groups in total. The van der Waals surface area contributed by atoms with Crippen LogP contribution in [0, 0.1) is 0 Å². The van der Waals surface area contributed by atoms with Crippen LogP contribution in [0.15, 0.2) is 36.4 Å². The quantitative estimate of drug-likeness (QED) is 0.708. The molecule has 1 saturated heterocycles. The van der Waals surface area contributed by atoms with Gasteiger partial charge in [0.15, 0.2) is 11.5 Å². The van der Waals surface area contributed by atoms with Crippen molar-refractivity contribution >= 4 is 28.9 Å². The fourth-order valence-corrected chi connectivity index (χ4v) is 3.52. The monoisotopic (exact) mass is 426 g/mol. The number of hydrogen-bond acceptors (Lipinski definition) is 6. The van der Waals surface area contributed by atoms with Crippen LogP contribution in [0.4, 0.5) is 17.1 Å². The lowest BCUT2D eigenvalue weighted by atomic mass is 10.1. The molecule has 0 radical (unpaired) electrons. The maximum Gasteiger partial charge on any atom is 0.255 e. The lowest BCUT2D eigenvalue weighted by molar-refractivity contribution is -0.115. The van der Waals surface area contributed by atoms with Gasteiger partial charge in [-0.25, -0.2) is 0 Å². The smallest absolute Gasteiger partial charge is 0.255 e. The number of hydrogen-bond donors (Lipinski definition) is 2. The van der Waals surface area contributed by atoms with E-state index in [1.807, 2.05) is 24.3 Å². The van der Waals surface area contributed by atoms with Crippen LogP contribution in [0.25, 0.3) is 0 Å². The zero-order chi connectivity index (χ0) is 22.4. The molecule has 0 unspecified atom stereocenters. The minimum absolute atomic E-state index is 0.182. The van der Waals surface area contributed by atoms with Gasteiger partial charge in [-0.3, -0.25) is 9.59 Å². The van der Waals surface area contributed by atoms with E-state index in [2.05, 4.69) is 27.5 Å². The Bertz CT molecular complexity index is 939. The number of likely N-dealkylation sites (N-methyl/N-ethyl adjacent to an activating group) is 1. The van der Waals surface area contributed by atoms with Crippen LogP contribution in [0.1, 0.15) is 23.7 Å². The molecule has 0 aromatic heterocycles. The highest BCUT2D eigenvalue weighted by Crippen LogP contribution is 2.37. The Hall–Kier alpha value is -3.26. The Morgan fingerprint density at radius 2 is 1.68 bits per heavy atom. The first-order valence-corrected chi connectivity index (χ1v) is 10.4. The number of rotatable bonds is 7. The highest BCUT2D eigenvalue weighted by molar-refractivity contribution is 6.07. The Morgan fingerprint density at radius 1 is 0.968 bits per heavy atom. The maximum atomic E-state index is 13.1. The van der Waals surface area contributed by atoms with Gasteiger partial charge in [-0.1, -0.05) is 19.1 Å². The summed E-state index contributed by atoms with van der Waals surface area (Å²) in [6, 6.07) is 11.0. The lowest BCUT2D eigenvalue weighted by Gasteiger charge is -2.35. The number of nitrogens with one attached hydrogen (secondary N) is 2. The Morgan fingerprint density at radius 3 is 2.32 bits per heavy atom. The first-order chi connectivity index (χ1) is 15.0. The molecule has 8 nitrogen and oxygen atoms in total. The molecule has 2 aromatic rings. The second-order valence-electron chi connectivity index (χ2n) is 7.42. The van der Waals surface area contributed by atoms with E-state index < -0.39 is 0 Å². The Kier molecular flexibility index (Phi) is 7.36. The van der Waals surface area contributed by atoms with E-state index in [4.69, 9.17) is 9.47 Å². The summed E-state index contributed by atoms with van der Waals surface area (Å²) >= 11 is 0. The fraction of sp³-hybridized carbons (Fsp3) is 0.391. The number of benzene rings is 2. The van der Waals surface area contributed by atoms with Crippen LogP contribution in [0.5, 0.6) is 11.5 Å². The van der Waals surface area contributed by atoms with Crippen molar-refractivity contribution < 1.29 is 19.1 Å². The molecule has 0 aliphatic carbocycles. The zero-order valence-corrected chi connectivity index (χ0v) is 18.5. The number of carbonyl (C=O) groups is 2. The SMILES string of the molecule is CCC(=O)Nc1cc(C(=O)Nc2ccccc2N2CCN(C)CC2)cc(OC)c1OC. The molecule has 1 aliphatic heterocycles. The summed E-state index contributed by atoms with van der Waals surface area (Å²) in [6.45, 7) is 5.49. The zero-order valence-electron chi connectivity index (χ0n) is 18.5. The van der Waals surface area contributed by atoms with E-state index in [9.17, 15) is 9.59 Å². The van der Waals surface area contributed by atoms with Gasteiger partial charge in [-0.2, -0.15) is 0 Å². The summed E-state index contributed by atoms with van der Waals surface area (Å²) in [6.07, 6.45) is 0.306. The van der Waals surface area contributed by atoms with Gasteiger partial charge in [-0.15, -0.1) is 0 Å². The van der Waals surface area contributed by atoms with Gasteiger partial charge in [-0.05, 0) is 31.3 Å². The van der Waals surface area contributed by atoms with E-state index >= 15 is 0 Å². The van der Waals surface area contributed by atoms with E-state index in [1.165, 1.54) is 14.2 Å². The lowest BCUT2D eigenvalue weighted by Crippen LogP contribution is -2.44. The van der Waals surface area contributed by atoms with Gasteiger partial charge in [0.1, 0.15) is 0 Å². The van der Waals surface area contributed by atoms with E-state index in [0.29, 0.717) is 29.2 Å². The first kappa shape index (κ1) is 22.4. The maximum absolute atomic E-state index is 13.1. The highest BCUT2D eigenvalue weighted by atomic mass is 16.5. The first-order valence-electron chi connectivity index (χ1n) is 10.4. The topological polar surface area (TPSA) is 83.1 Å². The van der Waals surface area contributed by atoms with Crippen LogP contribution in [-0.2, 0) is 4.79 Å². The van der Waals surface area contributed by atoms with Crippen LogP contribution in [-0.4, -0.2) is 64.2 Å². The summed E-state index contributed by atoms with van der Waals surface area (Å²) < 4.78 is 10.8. The van der Waals surface area contributed by atoms with Gasteiger partial charge in [0.25, 0.3) is 5.91 Å². The molecule has 1 aliphatic rings. The average molecular weight is 427 g/mol. The summed E-state index contributed by atoms with van der Waals surface area (Å²) in [4.78, 5) is 29.6. The predicted octanol–water partition coefficient (Wildman–Crippen LogP) is 3.06. The van der Waals surface area contributed by atoms with Gasteiger partial charge < -0.3 is 29.9 Å². The molecule has 1 fully saturated rings. The third kappa shape index (κ3) is 5.27. The van der Waals surface area contributed by atoms with Crippen molar-refractivity contribution in [2.24, 2.45) is 0 Å². The van der Waals surface area contributed by atoms with Crippen LogP contribution in [0.2, 0.25) is 0 Å².